The third-order valence-electron chi connectivity index (χ3n) is 2.53. The molecule has 0 aromatic heterocycles. The van der Waals surface area contributed by atoms with E-state index in [4.69, 9.17) is 0 Å². The fourth-order valence-corrected chi connectivity index (χ4v) is 1.17. The summed E-state index contributed by atoms with van der Waals surface area (Å²) in [6.07, 6.45) is 0. The van der Waals surface area contributed by atoms with E-state index in [1.807, 2.05) is 0 Å². The zero-order chi connectivity index (χ0) is 15.7. The Balaban J connectivity index is 4.04. The van der Waals surface area contributed by atoms with Crippen molar-refractivity contribution in [3.8, 4) is 0 Å². The largest absolute Gasteiger partial charge is 0.347 e. The Hall–Kier alpha value is -1.96. The Labute approximate surface area is 118 Å². The van der Waals surface area contributed by atoms with E-state index in [9.17, 15) is 19.2 Å². The van der Waals surface area contributed by atoms with Gasteiger partial charge in [0.05, 0.1) is 19.1 Å². The molecule has 3 amide bonds. The normalized spacial score (nSPS) is 13.0. The van der Waals surface area contributed by atoms with Gasteiger partial charge in [0.1, 0.15) is 11.8 Å². The van der Waals surface area contributed by atoms with Crippen LogP contribution in [0.2, 0.25) is 0 Å². The molecule has 0 saturated carbocycles. The summed E-state index contributed by atoms with van der Waals surface area (Å²) in [5.41, 5.74) is 0. The fraction of sp³-hybridized carbons (Fsp3) is 0.667. The Morgan fingerprint density at radius 1 is 0.900 bits per heavy atom. The highest BCUT2D eigenvalue weighted by Gasteiger charge is 2.17. The average molecular weight is 286 g/mol. The summed E-state index contributed by atoms with van der Waals surface area (Å²) in [5.74, 6) is -1.42. The highest BCUT2D eigenvalue weighted by Crippen LogP contribution is 1.83. The predicted octanol–water partition coefficient (Wildman–Crippen LogP) is -2.08. The molecule has 20 heavy (non-hydrogen) atoms. The third-order valence-corrected chi connectivity index (χ3v) is 2.53. The van der Waals surface area contributed by atoms with Gasteiger partial charge in [0.25, 0.3) is 0 Å². The summed E-state index contributed by atoms with van der Waals surface area (Å²) < 4.78 is 0. The van der Waals surface area contributed by atoms with Crippen LogP contribution in [0.15, 0.2) is 0 Å². The van der Waals surface area contributed by atoms with Gasteiger partial charge in [0.2, 0.25) is 17.7 Å². The summed E-state index contributed by atoms with van der Waals surface area (Å²) in [6, 6.07) is -1.18. The van der Waals surface area contributed by atoms with Gasteiger partial charge >= 0.3 is 0 Å². The smallest absolute Gasteiger partial charge is 0.242 e. The maximum Gasteiger partial charge on any atom is 0.242 e. The van der Waals surface area contributed by atoms with Crippen LogP contribution in [-0.2, 0) is 19.2 Å². The fourth-order valence-electron chi connectivity index (χ4n) is 1.17. The molecule has 0 aliphatic carbocycles. The number of hydrogen-bond donors (Lipinski definition) is 4. The van der Waals surface area contributed by atoms with Crippen LogP contribution in [0.5, 0.6) is 0 Å². The number of amides is 3. The molecule has 2 atom stereocenters. The summed E-state index contributed by atoms with van der Waals surface area (Å²) >= 11 is 0. The number of carbonyl (C=O) groups excluding carboxylic acids is 4. The van der Waals surface area contributed by atoms with Gasteiger partial charge in [0, 0.05) is 0 Å². The van der Waals surface area contributed by atoms with E-state index in [1.165, 1.54) is 13.8 Å². The Bertz CT molecular complexity index is 384. The van der Waals surface area contributed by atoms with E-state index < -0.39 is 23.9 Å². The maximum absolute atomic E-state index is 11.5. The molecule has 0 fully saturated rings. The molecule has 0 rings (SSSR count). The SMILES string of the molecule is CNC(C)C(=O)NCC(=O)NC(C)C(=O)NCC(C)=O. The summed E-state index contributed by atoms with van der Waals surface area (Å²) in [6.45, 7) is 4.21. The van der Waals surface area contributed by atoms with Crippen LogP contribution in [0, 0.1) is 0 Å². The van der Waals surface area contributed by atoms with Crippen molar-refractivity contribution in [1.29, 1.82) is 0 Å². The number of nitrogens with one attached hydrogen (secondary N) is 4. The zero-order valence-corrected chi connectivity index (χ0v) is 12.2. The van der Waals surface area contributed by atoms with Crippen molar-refractivity contribution < 1.29 is 19.2 Å². The highest BCUT2D eigenvalue weighted by atomic mass is 16.2. The first-order valence-electron chi connectivity index (χ1n) is 6.29. The molecule has 0 aromatic carbocycles. The van der Waals surface area contributed by atoms with Gasteiger partial charge < -0.3 is 21.3 Å². The van der Waals surface area contributed by atoms with E-state index in [-0.39, 0.29) is 24.8 Å². The molecular formula is C12H22N4O4. The van der Waals surface area contributed by atoms with Crippen LogP contribution in [0.25, 0.3) is 0 Å². The second-order valence-electron chi connectivity index (χ2n) is 4.44. The molecule has 2 unspecified atom stereocenters. The minimum atomic E-state index is -0.777. The van der Waals surface area contributed by atoms with Crippen molar-refractivity contribution in [2.75, 3.05) is 20.1 Å². The molecule has 0 saturated heterocycles. The van der Waals surface area contributed by atoms with Crippen molar-refractivity contribution >= 4 is 23.5 Å². The summed E-state index contributed by atoms with van der Waals surface area (Å²) in [4.78, 5) is 45.1. The molecule has 0 aliphatic rings. The van der Waals surface area contributed by atoms with Crippen molar-refractivity contribution in [3.63, 3.8) is 0 Å². The lowest BCUT2D eigenvalue weighted by Gasteiger charge is -2.15. The van der Waals surface area contributed by atoms with Crippen LogP contribution >= 0.6 is 0 Å². The minimum absolute atomic E-state index is 0.0739. The lowest BCUT2D eigenvalue weighted by atomic mass is 10.3. The summed E-state index contributed by atoms with van der Waals surface area (Å²) in [5, 5.41) is 9.96. The van der Waals surface area contributed by atoms with Gasteiger partial charge in [-0.05, 0) is 27.8 Å². The van der Waals surface area contributed by atoms with E-state index in [1.54, 1.807) is 14.0 Å². The van der Waals surface area contributed by atoms with Crippen LogP contribution < -0.4 is 21.3 Å². The second kappa shape index (κ2) is 9.03. The molecule has 8 nitrogen and oxygen atoms in total. The lowest BCUT2D eigenvalue weighted by Crippen LogP contribution is -2.50. The topological polar surface area (TPSA) is 116 Å². The highest BCUT2D eigenvalue weighted by molar-refractivity contribution is 5.92. The summed E-state index contributed by atoms with van der Waals surface area (Å²) in [7, 11) is 1.63. The molecule has 0 aliphatic heterocycles. The van der Waals surface area contributed by atoms with Gasteiger partial charge in [-0.25, -0.2) is 0 Å². The quantitative estimate of drug-likeness (QED) is 0.409. The van der Waals surface area contributed by atoms with Crippen LogP contribution in [0.1, 0.15) is 20.8 Å². The van der Waals surface area contributed by atoms with Gasteiger partial charge in [-0.1, -0.05) is 0 Å². The number of carbonyl (C=O) groups is 4. The van der Waals surface area contributed by atoms with Crippen molar-refractivity contribution in [3.05, 3.63) is 0 Å². The van der Waals surface area contributed by atoms with E-state index in [0.29, 0.717) is 0 Å². The van der Waals surface area contributed by atoms with Crippen molar-refractivity contribution in [2.24, 2.45) is 0 Å². The van der Waals surface area contributed by atoms with Gasteiger partial charge in [-0.15, -0.1) is 0 Å². The molecule has 114 valence electrons. The molecule has 0 aromatic rings. The predicted molar refractivity (Wildman–Crippen MR) is 72.8 cm³/mol. The van der Waals surface area contributed by atoms with Crippen LogP contribution in [-0.4, -0.2) is 55.7 Å². The monoisotopic (exact) mass is 286 g/mol. The molecule has 0 bridgehead atoms. The van der Waals surface area contributed by atoms with Gasteiger partial charge in [-0.3, -0.25) is 19.2 Å². The number of likely N-dealkylation sites (N-methyl/N-ethyl adjacent to an activating group) is 1. The zero-order valence-electron chi connectivity index (χ0n) is 12.2. The molecule has 0 radical (unpaired) electrons. The third kappa shape index (κ3) is 7.47. The van der Waals surface area contributed by atoms with E-state index >= 15 is 0 Å². The number of hydrogen-bond acceptors (Lipinski definition) is 5. The molecule has 4 N–H and O–H groups in total. The Kier molecular flexibility index (Phi) is 8.14. The first-order valence-corrected chi connectivity index (χ1v) is 6.29. The number of ketones is 1. The van der Waals surface area contributed by atoms with Crippen LogP contribution in [0.4, 0.5) is 0 Å². The van der Waals surface area contributed by atoms with Gasteiger partial charge in [-0.2, -0.15) is 0 Å². The standard InChI is InChI=1S/C12H22N4O4/c1-7(17)5-14-12(20)9(3)16-10(18)6-15-11(19)8(2)13-4/h8-9,13H,5-6H2,1-4H3,(H,14,20)(H,15,19)(H,16,18). The minimum Gasteiger partial charge on any atom is -0.347 e. The number of Topliss-reactive ketones (excluding diaryl/α,β-unsaturated/α-hetero) is 1. The first kappa shape index (κ1) is 18.0. The Morgan fingerprint density at radius 3 is 1.90 bits per heavy atom. The van der Waals surface area contributed by atoms with Gasteiger partial charge in [0.15, 0.2) is 0 Å². The second-order valence-corrected chi connectivity index (χ2v) is 4.44. The molecule has 0 spiro atoms. The average Bonchev–Trinajstić information content (AvgIpc) is 2.40. The van der Waals surface area contributed by atoms with E-state index in [0.717, 1.165) is 0 Å². The first-order chi connectivity index (χ1) is 9.27. The van der Waals surface area contributed by atoms with E-state index in [2.05, 4.69) is 21.3 Å². The van der Waals surface area contributed by atoms with Crippen LogP contribution in [0.3, 0.4) is 0 Å². The molecule has 0 heterocycles. The van der Waals surface area contributed by atoms with Crippen molar-refractivity contribution in [1.82, 2.24) is 21.3 Å². The maximum atomic E-state index is 11.5. The lowest BCUT2D eigenvalue weighted by molar-refractivity contribution is -0.130. The molecular weight excluding hydrogens is 264 g/mol. The number of rotatable bonds is 8. The Morgan fingerprint density at radius 2 is 1.40 bits per heavy atom. The van der Waals surface area contributed by atoms with Crippen molar-refractivity contribution in [2.45, 2.75) is 32.9 Å². The molecule has 8 heteroatoms.